The Hall–Kier alpha value is -2.95. The van der Waals surface area contributed by atoms with Crippen LogP contribution in [-0.4, -0.2) is 17.5 Å². The Morgan fingerprint density at radius 3 is 2.78 bits per heavy atom. The molecule has 0 aliphatic heterocycles. The largest absolute Gasteiger partial charge is 0.481 e. The average molecular weight is 310 g/mol. The number of hydrogen-bond donors (Lipinski definition) is 1. The third-order valence-corrected chi connectivity index (χ3v) is 3.39. The highest BCUT2D eigenvalue weighted by atomic mass is 19.1. The number of amides is 1. The Bertz CT molecular complexity index is 831. The maximum absolute atomic E-state index is 13.5. The first-order valence-corrected chi connectivity index (χ1v) is 7.21. The number of nitrogens with one attached hydrogen (secondary N) is 1. The lowest BCUT2D eigenvalue weighted by atomic mass is 10.2. The van der Waals surface area contributed by atoms with E-state index in [1.54, 1.807) is 30.5 Å². The molecule has 0 bridgehead atoms. The van der Waals surface area contributed by atoms with Gasteiger partial charge in [-0.1, -0.05) is 36.4 Å². The molecule has 1 amide bonds. The molecule has 5 heteroatoms. The summed E-state index contributed by atoms with van der Waals surface area (Å²) in [6, 6.07) is 15.6. The molecule has 0 aliphatic rings. The predicted molar refractivity (Wildman–Crippen MR) is 85.5 cm³/mol. The fraction of sp³-hybridized carbons (Fsp3) is 0.111. The van der Waals surface area contributed by atoms with Crippen LogP contribution in [0, 0.1) is 5.82 Å². The SMILES string of the molecule is O=C(COc1cccc2cccnc12)NCc1ccccc1F. The number of aromatic nitrogens is 1. The Morgan fingerprint density at radius 1 is 1.09 bits per heavy atom. The fourth-order valence-electron chi connectivity index (χ4n) is 2.22. The Labute approximate surface area is 132 Å². The number of rotatable bonds is 5. The lowest BCUT2D eigenvalue weighted by Gasteiger charge is -2.09. The highest BCUT2D eigenvalue weighted by Crippen LogP contribution is 2.22. The zero-order valence-corrected chi connectivity index (χ0v) is 12.3. The van der Waals surface area contributed by atoms with Crippen molar-refractivity contribution in [2.45, 2.75) is 6.54 Å². The minimum atomic E-state index is -0.341. The molecule has 0 aliphatic carbocycles. The molecule has 0 unspecified atom stereocenters. The first kappa shape index (κ1) is 15.0. The van der Waals surface area contributed by atoms with Gasteiger partial charge < -0.3 is 10.1 Å². The number of hydrogen-bond acceptors (Lipinski definition) is 3. The second kappa shape index (κ2) is 6.87. The van der Waals surface area contributed by atoms with Crippen molar-refractivity contribution < 1.29 is 13.9 Å². The predicted octanol–water partition coefficient (Wildman–Crippen LogP) is 3.07. The van der Waals surface area contributed by atoms with Crippen LogP contribution in [0.25, 0.3) is 10.9 Å². The van der Waals surface area contributed by atoms with Crippen molar-refractivity contribution in [1.82, 2.24) is 10.3 Å². The quantitative estimate of drug-likeness (QED) is 0.788. The van der Waals surface area contributed by atoms with E-state index >= 15 is 0 Å². The van der Waals surface area contributed by atoms with Crippen LogP contribution in [0.15, 0.2) is 60.8 Å². The Kier molecular flexibility index (Phi) is 4.47. The zero-order chi connectivity index (χ0) is 16.1. The van der Waals surface area contributed by atoms with Crippen LogP contribution in [0.3, 0.4) is 0 Å². The number of nitrogens with zero attached hydrogens (tertiary/aromatic N) is 1. The van der Waals surface area contributed by atoms with E-state index < -0.39 is 0 Å². The maximum atomic E-state index is 13.5. The second-order valence-electron chi connectivity index (χ2n) is 4.99. The number of para-hydroxylation sites is 1. The van der Waals surface area contributed by atoms with Gasteiger partial charge in [0.1, 0.15) is 17.1 Å². The normalized spacial score (nSPS) is 10.5. The van der Waals surface area contributed by atoms with Crippen molar-refractivity contribution in [2.24, 2.45) is 0 Å². The van der Waals surface area contributed by atoms with Gasteiger partial charge in [-0.15, -0.1) is 0 Å². The summed E-state index contributed by atoms with van der Waals surface area (Å²) in [4.78, 5) is 16.1. The molecule has 3 aromatic rings. The maximum Gasteiger partial charge on any atom is 0.258 e. The number of carbonyl (C=O) groups is 1. The summed E-state index contributed by atoms with van der Waals surface area (Å²) in [5.41, 5.74) is 1.14. The van der Waals surface area contributed by atoms with E-state index in [9.17, 15) is 9.18 Å². The van der Waals surface area contributed by atoms with Crippen molar-refractivity contribution in [3.63, 3.8) is 0 Å². The molecule has 0 saturated carbocycles. The summed E-state index contributed by atoms with van der Waals surface area (Å²) in [7, 11) is 0. The van der Waals surface area contributed by atoms with Gasteiger partial charge in [0, 0.05) is 23.7 Å². The van der Waals surface area contributed by atoms with E-state index in [0.29, 0.717) is 16.8 Å². The molecule has 0 fully saturated rings. The van der Waals surface area contributed by atoms with Crippen LogP contribution in [0.2, 0.25) is 0 Å². The third-order valence-electron chi connectivity index (χ3n) is 3.39. The van der Waals surface area contributed by atoms with Crippen LogP contribution >= 0.6 is 0 Å². The topological polar surface area (TPSA) is 51.2 Å². The van der Waals surface area contributed by atoms with Gasteiger partial charge in [-0.2, -0.15) is 0 Å². The van der Waals surface area contributed by atoms with Gasteiger partial charge >= 0.3 is 0 Å². The van der Waals surface area contributed by atoms with Gasteiger partial charge in [0.15, 0.2) is 6.61 Å². The van der Waals surface area contributed by atoms with Crippen LogP contribution in [0.1, 0.15) is 5.56 Å². The molecule has 4 nitrogen and oxygen atoms in total. The minimum Gasteiger partial charge on any atom is -0.481 e. The van der Waals surface area contributed by atoms with Crippen LogP contribution < -0.4 is 10.1 Å². The van der Waals surface area contributed by atoms with Gasteiger partial charge in [0.25, 0.3) is 5.91 Å². The molecule has 0 saturated heterocycles. The van der Waals surface area contributed by atoms with Crippen molar-refractivity contribution in [2.75, 3.05) is 6.61 Å². The molecule has 0 radical (unpaired) electrons. The van der Waals surface area contributed by atoms with E-state index in [0.717, 1.165) is 5.39 Å². The summed E-state index contributed by atoms with van der Waals surface area (Å²) in [6.07, 6.45) is 1.67. The second-order valence-corrected chi connectivity index (χ2v) is 4.99. The van der Waals surface area contributed by atoms with Crippen molar-refractivity contribution in [3.05, 3.63) is 72.2 Å². The summed E-state index contributed by atoms with van der Waals surface area (Å²) in [5.74, 6) is -0.114. The average Bonchev–Trinajstić information content (AvgIpc) is 2.59. The van der Waals surface area contributed by atoms with E-state index in [2.05, 4.69) is 10.3 Å². The zero-order valence-electron chi connectivity index (χ0n) is 12.3. The summed E-state index contributed by atoms with van der Waals surface area (Å²) < 4.78 is 19.0. The first-order valence-electron chi connectivity index (χ1n) is 7.21. The van der Waals surface area contributed by atoms with Crippen LogP contribution in [0.4, 0.5) is 4.39 Å². The summed E-state index contributed by atoms with van der Waals surface area (Å²) in [5, 5.41) is 3.58. The molecule has 2 aromatic carbocycles. The first-order chi connectivity index (χ1) is 11.2. The molecule has 0 atom stereocenters. The molecule has 0 spiro atoms. The number of halogens is 1. The van der Waals surface area contributed by atoms with E-state index in [1.165, 1.54) is 6.07 Å². The van der Waals surface area contributed by atoms with Gasteiger partial charge in [0.05, 0.1) is 0 Å². The highest BCUT2D eigenvalue weighted by Gasteiger charge is 2.07. The minimum absolute atomic E-state index is 0.128. The molecular formula is C18H15FN2O2. The van der Waals surface area contributed by atoms with E-state index in [4.69, 9.17) is 4.74 Å². The third kappa shape index (κ3) is 3.63. The number of carbonyl (C=O) groups excluding carboxylic acids is 1. The molecule has 1 heterocycles. The molecule has 23 heavy (non-hydrogen) atoms. The van der Waals surface area contributed by atoms with Gasteiger partial charge in [-0.25, -0.2) is 4.39 Å². The lowest BCUT2D eigenvalue weighted by molar-refractivity contribution is -0.123. The summed E-state index contributed by atoms with van der Waals surface area (Å²) >= 11 is 0. The van der Waals surface area contributed by atoms with Gasteiger partial charge in [0.2, 0.25) is 0 Å². The highest BCUT2D eigenvalue weighted by molar-refractivity contribution is 5.85. The standard InChI is InChI=1S/C18H15FN2O2/c19-15-8-2-1-5-14(15)11-21-17(22)12-23-16-9-3-6-13-7-4-10-20-18(13)16/h1-10H,11-12H2,(H,21,22). The van der Waals surface area contributed by atoms with Gasteiger partial charge in [-0.3, -0.25) is 9.78 Å². The van der Waals surface area contributed by atoms with Crippen molar-refractivity contribution >= 4 is 16.8 Å². The van der Waals surface area contributed by atoms with E-state index in [-0.39, 0.29) is 24.9 Å². The Morgan fingerprint density at radius 2 is 1.91 bits per heavy atom. The lowest BCUT2D eigenvalue weighted by Crippen LogP contribution is -2.28. The molecule has 3 rings (SSSR count). The molecule has 1 N–H and O–H groups in total. The van der Waals surface area contributed by atoms with Crippen molar-refractivity contribution in [1.29, 1.82) is 0 Å². The number of pyridine rings is 1. The summed E-state index contributed by atoms with van der Waals surface area (Å²) in [6.45, 7) is -0.0210. The van der Waals surface area contributed by atoms with Crippen LogP contribution in [0.5, 0.6) is 5.75 Å². The number of ether oxygens (including phenoxy) is 1. The van der Waals surface area contributed by atoms with Crippen LogP contribution in [-0.2, 0) is 11.3 Å². The monoisotopic (exact) mass is 310 g/mol. The molecular weight excluding hydrogens is 295 g/mol. The fourth-order valence-corrected chi connectivity index (χ4v) is 2.22. The number of fused-ring (bicyclic) bond motifs is 1. The smallest absolute Gasteiger partial charge is 0.258 e. The molecule has 116 valence electrons. The number of benzene rings is 2. The van der Waals surface area contributed by atoms with E-state index in [1.807, 2.05) is 24.3 Å². The van der Waals surface area contributed by atoms with Crippen molar-refractivity contribution in [3.8, 4) is 5.75 Å². The Balaban J connectivity index is 1.59. The molecule has 1 aromatic heterocycles. The van der Waals surface area contributed by atoms with Gasteiger partial charge in [-0.05, 0) is 18.2 Å².